The highest BCUT2D eigenvalue weighted by Gasteiger charge is 2.42. The summed E-state index contributed by atoms with van der Waals surface area (Å²) in [6.07, 6.45) is 3.16. The summed E-state index contributed by atoms with van der Waals surface area (Å²) in [6, 6.07) is 5.50. The molecule has 2 aromatic rings. The molecule has 1 aliphatic heterocycles. The van der Waals surface area contributed by atoms with E-state index in [1.54, 1.807) is 12.3 Å². The highest BCUT2D eigenvalue weighted by molar-refractivity contribution is 6.37. The van der Waals surface area contributed by atoms with E-state index in [-0.39, 0.29) is 50.5 Å². The lowest BCUT2D eigenvalue weighted by Crippen LogP contribution is -2.38. The molecule has 2 fully saturated rings. The van der Waals surface area contributed by atoms with Crippen molar-refractivity contribution in [1.29, 1.82) is 0 Å². The summed E-state index contributed by atoms with van der Waals surface area (Å²) in [6.45, 7) is 0.686. The van der Waals surface area contributed by atoms with Gasteiger partial charge in [-0.25, -0.2) is 8.78 Å². The first-order chi connectivity index (χ1) is 13.3. The molecular formula is C21H24ClF2NO3. The molecule has 7 heteroatoms. The summed E-state index contributed by atoms with van der Waals surface area (Å²) < 4.78 is 34.5. The third-order valence-electron chi connectivity index (χ3n) is 6.05. The van der Waals surface area contributed by atoms with Crippen molar-refractivity contribution < 1.29 is 23.4 Å². The van der Waals surface area contributed by atoms with Crippen LogP contribution in [0.5, 0.6) is 0 Å². The first-order valence-electron chi connectivity index (χ1n) is 9.82. The van der Waals surface area contributed by atoms with Gasteiger partial charge < -0.3 is 14.4 Å². The van der Waals surface area contributed by atoms with Gasteiger partial charge in [0.15, 0.2) is 5.78 Å². The van der Waals surface area contributed by atoms with Gasteiger partial charge in [-0.3, -0.25) is 4.79 Å². The smallest absolute Gasteiger partial charge is 0.248 e. The van der Waals surface area contributed by atoms with Crippen molar-refractivity contribution in [3.05, 3.63) is 35.0 Å². The van der Waals surface area contributed by atoms with Crippen LogP contribution in [0.1, 0.15) is 68.0 Å². The number of nitrogens with zero attached hydrogens (tertiary/aromatic N) is 1. The number of hydrogen-bond acceptors (Lipinski definition) is 3. The highest BCUT2D eigenvalue weighted by atomic mass is 35.5. The van der Waals surface area contributed by atoms with E-state index in [1.807, 2.05) is 16.7 Å². The van der Waals surface area contributed by atoms with Gasteiger partial charge in [-0.05, 0) is 44.2 Å². The number of ether oxygens (including phenoxy) is 1. The monoisotopic (exact) mass is 411 g/mol. The largest absolute Gasteiger partial charge is 0.390 e. The number of rotatable bonds is 5. The average molecular weight is 412 g/mol. The molecule has 152 valence electrons. The quantitative estimate of drug-likeness (QED) is 0.660. The van der Waals surface area contributed by atoms with Gasteiger partial charge in [0.1, 0.15) is 6.23 Å². The normalized spacial score (nSPS) is 23.9. The maximum absolute atomic E-state index is 13.4. The Kier molecular flexibility index (Phi) is 5.23. The van der Waals surface area contributed by atoms with E-state index in [0.29, 0.717) is 22.6 Å². The Bertz CT molecular complexity index is 879. The fourth-order valence-corrected chi connectivity index (χ4v) is 4.58. The zero-order chi connectivity index (χ0) is 19.9. The van der Waals surface area contributed by atoms with Gasteiger partial charge in [-0.2, -0.15) is 0 Å². The molecule has 2 aliphatic rings. The summed E-state index contributed by atoms with van der Waals surface area (Å²) in [5.41, 5.74) is 0.147. The first-order valence-corrected chi connectivity index (χ1v) is 10.2. The molecule has 2 heterocycles. The summed E-state index contributed by atoms with van der Waals surface area (Å²) in [5, 5.41) is 11.8. The third kappa shape index (κ3) is 3.82. The van der Waals surface area contributed by atoms with Crippen LogP contribution in [0.2, 0.25) is 5.02 Å². The molecule has 28 heavy (non-hydrogen) atoms. The molecule has 0 amide bonds. The van der Waals surface area contributed by atoms with Crippen LogP contribution in [0.25, 0.3) is 10.9 Å². The van der Waals surface area contributed by atoms with Gasteiger partial charge in [-0.15, -0.1) is 0 Å². The zero-order valence-corrected chi connectivity index (χ0v) is 16.4. The van der Waals surface area contributed by atoms with E-state index in [0.717, 1.165) is 18.4 Å². The summed E-state index contributed by atoms with van der Waals surface area (Å²) in [5.74, 6) is -2.85. The van der Waals surface area contributed by atoms with Crippen molar-refractivity contribution in [3.63, 3.8) is 0 Å². The Balaban J connectivity index is 1.56. The van der Waals surface area contributed by atoms with Crippen LogP contribution in [0.4, 0.5) is 8.78 Å². The number of benzene rings is 1. The minimum atomic E-state index is -2.71. The Labute approximate surface area is 167 Å². The van der Waals surface area contributed by atoms with Crippen molar-refractivity contribution in [2.45, 2.75) is 69.1 Å². The lowest BCUT2D eigenvalue weighted by Gasteiger charge is -2.35. The Hall–Kier alpha value is -1.50. The van der Waals surface area contributed by atoms with E-state index in [2.05, 4.69) is 0 Å². The molecular weight excluding hydrogens is 388 g/mol. The molecule has 1 aliphatic carbocycles. The number of fused-ring (bicyclic) bond motifs is 1. The maximum atomic E-state index is 13.4. The van der Waals surface area contributed by atoms with Crippen molar-refractivity contribution >= 4 is 28.3 Å². The van der Waals surface area contributed by atoms with Crippen LogP contribution in [-0.4, -0.2) is 33.6 Å². The van der Waals surface area contributed by atoms with Crippen LogP contribution in [0, 0.1) is 0 Å². The van der Waals surface area contributed by atoms with Crippen LogP contribution >= 0.6 is 11.6 Å². The Morgan fingerprint density at radius 1 is 1.29 bits per heavy atom. The zero-order valence-electron chi connectivity index (χ0n) is 15.6. The van der Waals surface area contributed by atoms with Gasteiger partial charge in [0.25, 0.3) is 0 Å². The topological polar surface area (TPSA) is 51.5 Å². The van der Waals surface area contributed by atoms with Crippen molar-refractivity contribution in [1.82, 2.24) is 4.57 Å². The molecule has 0 bridgehead atoms. The predicted molar refractivity (Wildman–Crippen MR) is 103 cm³/mol. The molecule has 1 atom stereocenters. The van der Waals surface area contributed by atoms with E-state index in [9.17, 15) is 18.7 Å². The summed E-state index contributed by atoms with van der Waals surface area (Å²) >= 11 is 6.39. The Morgan fingerprint density at radius 3 is 2.71 bits per heavy atom. The van der Waals surface area contributed by atoms with Crippen LogP contribution < -0.4 is 0 Å². The maximum Gasteiger partial charge on any atom is 0.248 e. The van der Waals surface area contributed by atoms with Crippen molar-refractivity contribution in [2.75, 3.05) is 6.61 Å². The Morgan fingerprint density at radius 2 is 2.04 bits per heavy atom. The lowest BCUT2D eigenvalue weighted by molar-refractivity contribution is -0.105. The number of aliphatic hydroxyl groups is 1. The number of ketones is 1. The van der Waals surface area contributed by atoms with E-state index in [1.165, 1.54) is 0 Å². The number of hydrogen-bond donors (Lipinski definition) is 1. The molecule has 4 rings (SSSR count). The van der Waals surface area contributed by atoms with Crippen LogP contribution in [0.3, 0.4) is 0 Å². The SMILES string of the molecule is O=C(CCC1(O)CCC(F)(F)CC1)c1cn(C2CCCO2)c2cccc(Cl)c12. The molecule has 1 unspecified atom stereocenters. The van der Waals surface area contributed by atoms with Gasteiger partial charge in [0, 0.05) is 43.0 Å². The number of carbonyl (C=O) groups is 1. The summed E-state index contributed by atoms with van der Waals surface area (Å²) in [7, 11) is 0. The second kappa shape index (κ2) is 7.39. The molecule has 1 aromatic carbocycles. The molecule has 1 saturated carbocycles. The second-order valence-corrected chi connectivity index (χ2v) is 8.46. The second-order valence-electron chi connectivity index (χ2n) is 8.06. The number of carbonyl (C=O) groups excluding carboxylic acids is 1. The first kappa shape index (κ1) is 19.8. The van der Waals surface area contributed by atoms with Crippen molar-refractivity contribution in [2.24, 2.45) is 0 Å². The number of halogens is 3. The molecule has 0 radical (unpaired) electrons. The van der Waals surface area contributed by atoms with E-state index < -0.39 is 11.5 Å². The molecule has 1 aromatic heterocycles. The van der Waals surface area contributed by atoms with Crippen LogP contribution in [-0.2, 0) is 4.74 Å². The molecule has 4 nitrogen and oxygen atoms in total. The number of Topliss-reactive ketones (excluding diaryl/α,β-unsaturated/α-hetero) is 1. The van der Waals surface area contributed by atoms with Gasteiger partial charge in [0.05, 0.1) is 16.1 Å². The summed E-state index contributed by atoms with van der Waals surface area (Å²) in [4.78, 5) is 13.0. The number of aromatic nitrogens is 1. The number of alkyl halides is 2. The van der Waals surface area contributed by atoms with Crippen molar-refractivity contribution in [3.8, 4) is 0 Å². The third-order valence-corrected chi connectivity index (χ3v) is 6.37. The standard InChI is InChI=1S/C21H24ClF2NO3/c22-15-3-1-4-16-19(15)14(13-25(16)18-5-2-12-28-18)17(26)6-7-20(27)8-10-21(23,24)11-9-20/h1,3-4,13,18,27H,2,5-12H2. The molecule has 0 spiro atoms. The minimum absolute atomic E-state index is 0.0196. The highest BCUT2D eigenvalue weighted by Crippen LogP contribution is 2.41. The predicted octanol–water partition coefficient (Wildman–Crippen LogP) is 5.51. The minimum Gasteiger partial charge on any atom is -0.390 e. The van der Waals surface area contributed by atoms with E-state index >= 15 is 0 Å². The van der Waals surface area contributed by atoms with Crippen LogP contribution in [0.15, 0.2) is 24.4 Å². The molecule has 1 N–H and O–H groups in total. The fraction of sp³-hybridized carbons (Fsp3) is 0.571. The average Bonchev–Trinajstić information content (AvgIpc) is 3.31. The van der Waals surface area contributed by atoms with E-state index in [4.69, 9.17) is 16.3 Å². The lowest BCUT2D eigenvalue weighted by atomic mass is 9.79. The van der Waals surface area contributed by atoms with Gasteiger partial charge in [0.2, 0.25) is 5.92 Å². The molecule has 1 saturated heterocycles. The fourth-order valence-electron chi connectivity index (χ4n) is 4.31. The van der Waals surface area contributed by atoms with Gasteiger partial charge in [-0.1, -0.05) is 17.7 Å². The van der Waals surface area contributed by atoms with Gasteiger partial charge >= 0.3 is 0 Å².